The number of nitrogens with one attached hydrogen (secondary N) is 1. The number of nitrogens with zero attached hydrogens (tertiary/aromatic N) is 2. The number of hydrogen-bond donors (Lipinski definition) is 2. The first-order chi connectivity index (χ1) is 13.9. The second kappa shape index (κ2) is 7.59. The minimum Gasteiger partial charge on any atom is -0.454 e. The summed E-state index contributed by atoms with van der Waals surface area (Å²) in [6.45, 7) is 4.08. The van der Waals surface area contributed by atoms with Gasteiger partial charge in [0.1, 0.15) is 17.4 Å². The van der Waals surface area contributed by atoms with E-state index in [9.17, 15) is 9.59 Å². The molecule has 8 nitrogen and oxygen atoms in total. The number of thiophene rings is 1. The van der Waals surface area contributed by atoms with Gasteiger partial charge >= 0.3 is 0 Å². The molecule has 3 aromatic rings. The molecule has 4 rings (SSSR count). The van der Waals surface area contributed by atoms with Crippen LogP contribution in [0.1, 0.15) is 23.4 Å². The van der Waals surface area contributed by atoms with Crippen LogP contribution in [0.4, 0.5) is 5.69 Å². The van der Waals surface area contributed by atoms with Crippen LogP contribution < -0.4 is 26.1 Å². The summed E-state index contributed by atoms with van der Waals surface area (Å²) < 4.78 is 11.8. The Bertz CT molecular complexity index is 1140. The highest BCUT2D eigenvalue weighted by atomic mass is 32.1. The topological polar surface area (TPSA) is 108 Å². The average Bonchev–Trinajstić information content (AvgIpc) is 3.35. The molecule has 9 heteroatoms. The van der Waals surface area contributed by atoms with E-state index in [4.69, 9.17) is 15.2 Å². The number of aromatic nitrogens is 2. The molecule has 0 saturated heterocycles. The molecule has 29 heavy (non-hydrogen) atoms. The molecule has 0 unspecified atom stereocenters. The summed E-state index contributed by atoms with van der Waals surface area (Å²) in [5.41, 5.74) is 6.88. The third-order valence-electron chi connectivity index (χ3n) is 4.61. The highest BCUT2D eigenvalue weighted by Gasteiger charge is 2.20. The maximum Gasteiger partial charge on any atom is 0.290 e. The Labute approximate surface area is 170 Å². The first-order valence-electron chi connectivity index (χ1n) is 9.05. The first-order valence-corrected chi connectivity index (χ1v) is 9.86. The van der Waals surface area contributed by atoms with E-state index in [2.05, 4.69) is 10.4 Å². The van der Waals surface area contributed by atoms with Gasteiger partial charge in [-0.05, 0) is 49.7 Å². The van der Waals surface area contributed by atoms with E-state index in [1.54, 1.807) is 30.4 Å². The fourth-order valence-electron chi connectivity index (χ4n) is 2.99. The third-order valence-corrected chi connectivity index (χ3v) is 5.63. The van der Waals surface area contributed by atoms with Gasteiger partial charge in [-0.1, -0.05) is 6.07 Å². The van der Waals surface area contributed by atoms with Crippen molar-refractivity contribution in [2.45, 2.75) is 26.4 Å². The SMILES string of the molecule is Cc1ccc(-c2cc(N)c(=O)n([C@H](C)C(=O)NCc3ccc4c(c3)OCO4)n2)s1. The van der Waals surface area contributed by atoms with Crippen molar-refractivity contribution >= 4 is 22.9 Å². The predicted molar refractivity (Wildman–Crippen MR) is 110 cm³/mol. The summed E-state index contributed by atoms with van der Waals surface area (Å²) in [4.78, 5) is 27.1. The van der Waals surface area contributed by atoms with Crippen LogP contribution in [-0.4, -0.2) is 22.5 Å². The molecule has 0 saturated carbocycles. The van der Waals surface area contributed by atoms with Crippen LogP contribution in [0.25, 0.3) is 10.6 Å². The molecule has 0 fully saturated rings. The lowest BCUT2D eigenvalue weighted by molar-refractivity contribution is -0.124. The summed E-state index contributed by atoms with van der Waals surface area (Å²) in [7, 11) is 0. The zero-order valence-electron chi connectivity index (χ0n) is 16.0. The zero-order chi connectivity index (χ0) is 20.5. The van der Waals surface area contributed by atoms with Crippen LogP contribution in [0.5, 0.6) is 11.5 Å². The summed E-state index contributed by atoms with van der Waals surface area (Å²) in [5, 5.41) is 7.20. The molecular formula is C20H20N4O4S. The van der Waals surface area contributed by atoms with E-state index in [-0.39, 0.29) is 24.9 Å². The van der Waals surface area contributed by atoms with Crippen LogP contribution in [0.2, 0.25) is 0 Å². The van der Waals surface area contributed by atoms with Gasteiger partial charge in [-0.15, -0.1) is 11.3 Å². The van der Waals surface area contributed by atoms with Gasteiger partial charge < -0.3 is 20.5 Å². The molecule has 1 atom stereocenters. The Balaban J connectivity index is 1.52. The smallest absolute Gasteiger partial charge is 0.290 e. The molecule has 3 N–H and O–H groups in total. The quantitative estimate of drug-likeness (QED) is 0.666. The number of fused-ring (bicyclic) bond motifs is 1. The van der Waals surface area contributed by atoms with Gasteiger partial charge in [0.15, 0.2) is 11.5 Å². The first kappa shape index (κ1) is 19.0. The van der Waals surface area contributed by atoms with E-state index in [0.29, 0.717) is 17.2 Å². The van der Waals surface area contributed by atoms with Gasteiger partial charge in [-0.3, -0.25) is 9.59 Å². The molecule has 1 aromatic carbocycles. The van der Waals surface area contributed by atoms with Gasteiger partial charge in [0.25, 0.3) is 5.56 Å². The van der Waals surface area contributed by atoms with E-state index < -0.39 is 11.6 Å². The maximum absolute atomic E-state index is 12.7. The predicted octanol–water partition coefficient (Wildman–Crippen LogP) is 2.47. The van der Waals surface area contributed by atoms with Crippen LogP contribution >= 0.6 is 11.3 Å². The lowest BCUT2D eigenvalue weighted by Crippen LogP contribution is -2.37. The lowest BCUT2D eigenvalue weighted by atomic mass is 10.2. The molecule has 1 amide bonds. The molecule has 3 heterocycles. The molecule has 1 aliphatic heterocycles. The van der Waals surface area contributed by atoms with Crippen LogP contribution in [0.15, 0.2) is 41.2 Å². The van der Waals surface area contributed by atoms with Crippen molar-refractivity contribution in [2.24, 2.45) is 0 Å². The number of benzene rings is 1. The van der Waals surface area contributed by atoms with Crippen LogP contribution in [0.3, 0.4) is 0 Å². The fraction of sp³-hybridized carbons (Fsp3) is 0.250. The summed E-state index contributed by atoms with van der Waals surface area (Å²) >= 11 is 1.55. The molecule has 0 spiro atoms. The number of amides is 1. The van der Waals surface area contributed by atoms with E-state index in [1.807, 2.05) is 31.2 Å². The number of aryl methyl sites for hydroxylation is 1. The zero-order valence-corrected chi connectivity index (χ0v) is 16.8. The molecule has 1 aliphatic rings. The number of nitrogen functional groups attached to an aromatic ring is 1. The molecule has 0 bridgehead atoms. The van der Waals surface area contributed by atoms with Crippen molar-refractivity contribution < 1.29 is 14.3 Å². The third kappa shape index (κ3) is 3.81. The average molecular weight is 412 g/mol. The number of rotatable bonds is 5. The van der Waals surface area contributed by atoms with Gasteiger partial charge in [0, 0.05) is 11.4 Å². The van der Waals surface area contributed by atoms with Crippen molar-refractivity contribution in [3.05, 3.63) is 57.2 Å². The Hall–Kier alpha value is -3.33. The summed E-state index contributed by atoms with van der Waals surface area (Å²) in [6, 6.07) is 10.1. The number of ether oxygens (including phenoxy) is 2. The number of carbonyl (C=O) groups excluding carboxylic acids is 1. The van der Waals surface area contributed by atoms with E-state index >= 15 is 0 Å². The largest absolute Gasteiger partial charge is 0.454 e. The monoisotopic (exact) mass is 412 g/mol. The number of carbonyl (C=O) groups is 1. The molecule has 0 aliphatic carbocycles. The van der Waals surface area contributed by atoms with Crippen molar-refractivity contribution in [2.75, 3.05) is 12.5 Å². The Morgan fingerprint density at radius 2 is 2.07 bits per heavy atom. The normalized spacial score (nSPS) is 13.3. The maximum atomic E-state index is 12.7. The standard InChI is InChI=1S/C20H20N4O4S/c1-11-3-6-18(29-11)15-8-14(21)20(26)24(23-15)12(2)19(25)22-9-13-4-5-16-17(7-13)28-10-27-16/h3-8,12H,9-10,21H2,1-2H3,(H,22,25)/t12-/m1/s1. The highest BCUT2D eigenvalue weighted by molar-refractivity contribution is 7.15. The van der Waals surface area contributed by atoms with Crippen molar-refractivity contribution in [1.29, 1.82) is 0 Å². The molecule has 0 radical (unpaired) electrons. The Morgan fingerprint density at radius 3 is 2.83 bits per heavy atom. The van der Waals surface area contributed by atoms with Gasteiger partial charge in [-0.25, -0.2) is 4.68 Å². The minimum atomic E-state index is -0.820. The molecule has 2 aromatic heterocycles. The summed E-state index contributed by atoms with van der Waals surface area (Å²) in [5.74, 6) is 0.992. The number of anilines is 1. The lowest BCUT2D eigenvalue weighted by Gasteiger charge is -2.15. The second-order valence-electron chi connectivity index (χ2n) is 6.73. The van der Waals surface area contributed by atoms with Crippen LogP contribution in [0, 0.1) is 6.92 Å². The fourth-order valence-corrected chi connectivity index (χ4v) is 3.81. The molecular weight excluding hydrogens is 392 g/mol. The highest BCUT2D eigenvalue weighted by Crippen LogP contribution is 2.32. The van der Waals surface area contributed by atoms with E-state index in [1.165, 1.54) is 0 Å². The van der Waals surface area contributed by atoms with Gasteiger partial charge in [0.2, 0.25) is 12.7 Å². The summed E-state index contributed by atoms with van der Waals surface area (Å²) in [6.07, 6.45) is 0. The van der Waals surface area contributed by atoms with Crippen molar-refractivity contribution in [3.63, 3.8) is 0 Å². The Morgan fingerprint density at radius 1 is 1.28 bits per heavy atom. The van der Waals surface area contributed by atoms with Crippen molar-refractivity contribution in [1.82, 2.24) is 15.1 Å². The number of nitrogens with two attached hydrogens (primary N) is 1. The number of hydrogen-bond acceptors (Lipinski definition) is 7. The Kier molecular flexibility index (Phi) is 4.98. The van der Waals surface area contributed by atoms with E-state index in [0.717, 1.165) is 20.0 Å². The van der Waals surface area contributed by atoms with Crippen LogP contribution in [-0.2, 0) is 11.3 Å². The minimum absolute atomic E-state index is 0.0523. The molecule has 150 valence electrons. The van der Waals surface area contributed by atoms with Gasteiger partial charge in [-0.2, -0.15) is 5.10 Å². The second-order valence-corrected chi connectivity index (χ2v) is 8.01. The van der Waals surface area contributed by atoms with Gasteiger partial charge in [0.05, 0.1) is 4.88 Å². The van der Waals surface area contributed by atoms with Crippen molar-refractivity contribution in [3.8, 4) is 22.1 Å².